The van der Waals surface area contributed by atoms with Gasteiger partial charge in [0.2, 0.25) is 5.91 Å². The molecule has 0 spiro atoms. The highest BCUT2D eigenvalue weighted by molar-refractivity contribution is 6.04. The van der Waals surface area contributed by atoms with E-state index in [4.69, 9.17) is 5.11 Å². The average Bonchev–Trinajstić information content (AvgIpc) is 2.95. The molecule has 0 heterocycles. The Labute approximate surface area is 96.4 Å². The summed E-state index contributed by atoms with van der Waals surface area (Å²) in [6.45, 7) is 6.19. The molecule has 1 rings (SSSR count). The third-order valence-electron chi connectivity index (χ3n) is 3.15. The molecule has 0 radical (unpaired) electrons. The fourth-order valence-electron chi connectivity index (χ4n) is 1.68. The molecule has 0 bridgehead atoms. The van der Waals surface area contributed by atoms with Crippen LogP contribution in [-0.4, -0.2) is 23.0 Å². The molecule has 1 atom stereocenters. The highest BCUT2D eigenvalue weighted by Gasteiger charge is 2.57. The number of carbonyl (C=O) groups excluding carboxylic acids is 1. The van der Waals surface area contributed by atoms with Crippen LogP contribution in [0, 0.1) is 11.3 Å². The first-order valence-electron chi connectivity index (χ1n) is 5.93. The van der Waals surface area contributed by atoms with Crippen molar-refractivity contribution in [2.24, 2.45) is 11.3 Å². The van der Waals surface area contributed by atoms with Crippen molar-refractivity contribution in [3.05, 3.63) is 0 Å². The summed E-state index contributed by atoms with van der Waals surface area (Å²) >= 11 is 0. The van der Waals surface area contributed by atoms with Crippen molar-refractivity contribution in [1.29, 1.82) is 0 Å². The van der Waals surface area contributed by atoms with Crippen molar-refractivity contribution in [3.8, 4) is 0 Å². The molecule has 4 nitrogen and oxygen atoms in total. The summed E-state index contributed by atoms with van der Waals surface area (Å²) in [5, 5.41) is 11.7. The highest BCUT2D eigenvalue weighted by atomic mass is 16.4. The third-order valence-corrected chi connectivity index (χ3v) is 3.15. The van der Waals surface area contributed by atoms with Crippen LogP contribution in [0.3, 0.4) is 0 Å². The minimum atomic E-state index is -1.11. The standard InChI is InChI=1S/C12H21NO3/c1-8(2)4-5-9(3)13-10(14)12(6-7-12)11(15)16/h8-9H,4-7H2,1-3H3,(H,13,14)(H,15,16). The SMILES string of the molecule is CC(C)CCC(C)NC(=O)C1(C(=O)O)CC1. The molecule has 1 saturated carbocycles. The summed E-state index contributed by atoms with van der Waals surface area (Å²) in [4.78, 5) is 22.6. The number of aliphatic carboxylic acids is 1. The van der Waals surface area contributed by atoms with E-state index in [1.54, 1.807) is 0 Å². The van der Waals surface area contributed by atoms with Gasteiger partial charge in [-0.1, -0.05) is 13.8 Å². The summed E-state index contributed by atoms with van der Waals surface area (Å²) in [7, 11) is 0. The number of carbonyl (C=O) groups is 2. The zero-order valence-electron chi connectivity index (χ0n) is 10.2. The number of nitrogens with one attached hydrogen (secondary N) is 1. The van der Waals surface area contributed by atoms with E-state index >= 15 is 0 Å². The lowest BCUT2D eigenvalue weighted by atomic mass is 10.0. The van der Waals surface area contributed by atoms with Crippen LogP contribution in [0.1, 0.15) is 46.5 Å². The van der Waals surface area contributed by atoms with E-state index in [0.29, 0.717) is 18.8 Å². The van der Waals surface area contributed by atoms with Crippen molar-refractivity contribution in [3.63, 3.8) is 0 Å². The van der Waals surface area contributed by atoms with E-state index in [-0.39, 0.29) is 11.9 Å². The lowest BCUT2D eigenvalue weighted by Gasteiger charge is -2.17. The van der Waals surface area contributed by atoms with Gasteiger partial charge in [0, 0.05) is 6.04 Å². The van der Waals surface area contributed by atoms with Crippen molar-refractivity contribution < 1.29 is 14.7 Å². The zero-order chi connectivity index (χ0) is 12.3. The molecule has 0 saturated heterocycles. The molecule has 1 aliphatic carbocycles. The van der Waals surface area contributed by atoms with Gasteiger partial charge in [0.05, 0.1) is 0 Å². The molecular formula is C12H21NO3. The topological polar surface area (TPSA) is 66.4 Å². The van der Waals surface area contributed by atoms with E-state index < -0.39 is 11.4 Å². The second-order valence-electron chi connectivity index (χ2n) is 5.23. The summed E-state index contributed by atoms with van der Waals surface area (Å²) in [5.41, 5.74) is -1.11. The fraction of sp³-hybridized carbons (Fsp3) is 0.833. The lowest BCUT2D eigenvalue weighted by Crippen LogP contribution is -2.41. The molecule has 92 valence electrons. The smallest absolute Gasteiger partial charge is 0.319 e. The van der Waals surface area contributed by atoms with Gasteiger partial charge in [-0.15, -0.1) is 0 Å². The maximum Gasteiger partial charge on any atom is 0.319 e. The number of rotatable bonds is 6. The molecule has 0 aromatic carbocycles. The molecule has 1 aliphatic rings. The van der Waals surface area contributed by atoms with Gasteiger partial charge in [-0.3, -0.25) is 9.59 Å². The van der Waals surface area contributed by atoms with Gasteiger partial charge in [-0.25, -0.2) is 0 Å². The molecule has 0 aromatic rings. The van der Waals surface area contributed by atoms with E-state index in [9.17, 15) is 9.59 Å². The number of amides is 1. The first-order chi connectivity index (χ1) is 7.38. The number of carboxylic acids is 1. The summed E-state index contributed by atoms with van der Waals surface area (Å²) in [5.74, 6) is -0.689. The van der Waals surface area contributed by atoms with Crippen LogP contribution in [0.15, 0.2) is 0 Å². The first-order valence-corrected chi connectivity index (χ1v) is 5.93. The second kappa shape index (κ2) is 4.85. The predicted octanol–water partition coefficient (Wildman–Crippen LogP) is 1.79. The van der Waals surface area contributed by atoms with Gasteiger partial charge in [0.1, 0.15) is 5.41 Å². The van der Waals surface area contributed by atoms with Crippen molar-refractivity contribution in [2.75, 3.05) is 0 Å². The van der Waals surface area contributed by atoms with Gasteiger partial charge in [0.25, 0.3) is 0 Å². The molecule has 1 amide bonds. The largest absolute Gasteiger partial charge is 0.480 e. The minimum Gasteiger partial charge on any atom is -0.480 e. The average molecular weight is 227 g/mol. The Morgan fingerprint density at radius 2 is 1.81 bits per heavy atom. The van der Waals surface area contributed by atoms with E-state index in [2.05, 4.69) is 19.2 Å². The molecule has 16 heavy (non-hydrogen) atoms. The van der Waals surface area contributed by atoms with Crippen LogP contribution >= 0.6 is 0 Å². The van der Waals surface area contributed by atoms with Crippen molar-refractivity contribution >= 4 is 11.9 Å². The van der Waals surface area contributed by atoms with Gasteiger partial charge < -0.3 is 10.4 Å². The van der Waals surface area contributed by atoms with Crippen LogP contribution in [0.5, 0.6) is 0 Å². The quantitative estimate of drug-likeness (QED) is 0.680. The highest BCUT2D eigenvalue weighted by Crippen LogP contribution is 2.46. The molecule has 1 fully saturated rings. The zero-order valence-corrected chi connectivity index (χ0v) is 10.2. The van der Waals surface area contributed by atoms with E-state index in [1.165, 1.54) is 0 Å². The number of carboxylic acid groups (broad SMARTS) is 1. The maximum atomic E-state index is 11.7. The molecule has 0 aromatic heterocycles. The molecule has 1 unspecified atom stereocenters. The Hall–Kier alpha value is -1.06. The van der Waals surface area contributed by atoms with Crippen LogP contribution in [0.4, 0.5) is 0 Å². The first kappa shape index (κ1) is 13.0. The molecular weight excluding hydrogens is 206 g/mol. The molecule has 4 heteroatoms. The third kappa shape index (κ3) is 2.97. The minimum absolute atomic E-state index is 0.0618. The monoisotopic (exact) mass is 227 g/mol. The Morgan fingerprint density at radius 3 is 2.19 bits per heavy atom. The second-order valence-corrected chi connectivity index (χ2v) is 5.23. The Morgan fingerprint density at radius 1 is 1.25 bits per heavy atom. The van der Waals surface area contributed by atoms with Crippen molar-refractivity contribution in [2.45, 2.75) is 52.5 Å². The van der Waals surface area contributed by atoms with Gasteiger partial charge in [-0.05, 0) is 38.5 Å². The van der Waals surface area contributed by atoms with E-state index in [1.807, 2.05) is 6.92 Å². The fourth-order valence-corrected chi connectivity index (χ4v) is 1.68. The summed E-state index contributed by atoms with van der Waals surface area (Å²) < 4.78 is 0. The summed E-state index contributed by atoms with van der Waals surface area (Å²) in [6, 6.07) is 0.0618. The molecule has 0 aliphatic heterocycles. The van der Waals surface area contributed by atoms with Gasteiger partial charge in [-0.2, -0.15) is 0 Å². The lowest BCUT2D eigenvalue weighted by molar-refractivity contribution is -0.149. The molecule has 2 N–H and O–H groups in total. The van der Waals surface area contributed by atoms with Crippen molar-refractivity contribution in [1.82, 2.24) is 5.32 Å². The van der Waals surface area contributed by atoms with E-state index in [0.717, 1.165) is 12.8 Å². The Kier molecular flexibility index (Phi) is 3.94. The number of hydrogen-bond acceptors (Lipinski definition) is 2. The predicted molar refractivity (Wildman–Crippen MR) is 61.0 cm³/mol. The maximum absolute atomic E-state index is 11.7. The van der Waals surface area contributed by atoms with Crippen LogP contribution in [-0.2, 0) is 9.59 Å². The number of hydrogen-bond donors (Lipinski definition) is 2. The van der Waals surface area contributed by atoms with Gasteiger partial charge in [0.15, 0.2) is 0 Å². The van der Waals surface area contributed by atoms with Crippen LogP contribution in [0.25, 0.3) is 0 Å². The summed E-state index contributed by atoms with van der Waals surface area (Å²) in [6.07, 6.45) is 2.90. The Bertz CT molecular complexity index is 282. The van der Waals surface area contributed by atoms with Gasteiger partial charge >= 0.3 is 5.97 Å². The Balaban J connectivity index is 2.37. The normalized spacial score (nSPS) is 19.2. The van der Waals surface area contributed by atoms with Crippen LogP contribution < -0.4 is 5.32 Å². The van der Waals surface area contributed by atoms with Crippen LogP contribution in [0.2, 0.25) is 0 Å².